The van der Waals surface area contributed by atoms with Crippen molar-refractivity contribution in [1.29, 1.82) is 0 Å². The Kier molecular flexibility index (Phi) is 4.88. The molecule has 0 bridgehead atoms. The van der Waals surface area contributed by atoms with Gasteiger partial charge >= 0.3 is 0 Å². The molecule has 0 saturated heterocycles. The summed E-state index contributed by atoms with van der Waals surface area (Å²) in [5.74, 6) is -0.780. The minimum absolute atomic E-state index is 0.0475. The van der Waals surface area contributed by atoms with E-state index in [0.29, 0.717) is 11.1 Å². The lowest BCUT2D eigenvalue weighted by atomic mass is 10.1. The first-order valence-electron chi connectivity index (χ1n) is 5.98. The standard InChI is InChI=1S/C14H12Cl2FNO2S/c15-11-2-4-13(16)14(6-11)21(19,20)8-9-1-3-12(17)5-10(9)7-18/h1-6H,7-8,18H2. The summed E-state index contributed by atoms with van der Waals surface area (Å²) >= 11 is 11.7. The molecule has 0 spiro atoms. The second-order valence-corrected chi connectivity index (χ2v) is 7.25. The van der Waals surface area contributed by atoms with Crippen LogP contribution in [0.5, 0.6) is 0 Å². The predicted octanol–water partition coefficient (Wildman–Crippen LogP) is 3.57. The summed E-state index contributed by atoms with van der Waals surface area (Å²) in [7, 11) is -3.71. The van der Waals surface area contributed by atoms with Crippen molar-refractivity contribution in [3.8, 4) is 0 Å². The van der Waals surface area contributed by atoms with E-state index in [0.717, 1.165) is 0 Å². The SMILES string of the molecule is NCc1cc(F)ccc1CS(=O)(=O)c1cc(Cl)ccc1Cl. The predicted molar refractivity (Wildman–Crippen MR) is 81.6 cm³/mol. The van der Waals surface area contributed by atoms with E-state index in [1.807, 2.05) is 0 Å². The van der Waals surface area contributed by atoms with Crippen molar-refractivity contribution in [3.05, 3.63) is 63.4 Å². The Bertz CT molecular complexity index is 779. The van der Waals surface area contributed by atoms with Gasteiger partial charge in [-0.25, -0.2) is 12.8 Å². The number of benzene rings is 2. The van der Waals surface area contributed by atoms with Crippen molar-refractivity contribution in [1.82, 2.24) is 0 Å². The summed E-state index contributed by atoms with van der Waals surface area (Å²) in [6, 6.07) is 8.06. The van der Waals surface area contributed by atoms with Crippen LogP contribution in [-0.4, -0.2) is 8.42 Å². The molecule has 2 aromatic carbocycles. The lowest BCUT2D eigenvalue weighted by Gasteiger charge is -2.10. The van der Waals surface area contributed by atoms with Gasteiger partial charge in [-0.2, -0.15) is 0 Å². The van der Waals surface area contributed by atoms with Crippen molar-refractivity contribution in [3.63, 3.8) is 0 Å². The lowest BCUT2D eigenvalue weighted by molar-refractivity contribution is 0.594. The number of sulfone groups is 1. The summed E-state index contributed by atoms with van der Waals surface area (Å²) in [4.78, 5) is -0.0519. The van der Waals surface area contributed by atoms with Crippen LogP contribution in [0, 0.1) is 5.82 Å². The molecule has 2 rings (SSSR count). The smallest absolute Gasteiger partial charge is 0.184 e. The molecule has 112 valence electrons. The molecule has 0 aliphatic carbocycles. The monoisotopic (exact) mass is 347 g/mol. The van der Waals surface area contributed by atoms with Gasteiger partial charge in [0.2, 0.25) is 0 Å². The average Bonchev–Trinajstić information content (AvgIpc) is 2.43. The van der Waals surface area contributed by atoms with Crippen LogP contribution in [0.3, 0.4) is 0 Å². The molecule has 0 fully saturated rings. The molecule has 0 atom stereocenters. The molecule has 0 aliphatic rings. The number of rotatable bonds is 4. The first-order chi connectivity index (χ1) is 9.83. The minimum Gasteiger partial charge on any atom is -0.326 e. The van der Waals surface area contributed by atoms with Gasteiger partial charge in [0.1, 0.15) is 5.82 Å². The lowest BCUT2D eigenvalue weighted by Crippen LogP contribution is -2.10. The topological polar surface area (TPSA) is 60.2 Å². The molecule has 7 heteroatoms. The summed E-state index contributed by atoms with van der Waals surface area (Å²) in [6.07, 6.45) is 0. The molecule has 0 saturated carbocycles. The van der Waals surface area contributed by atoms with Crippen molar-refractivity contribution < 1.29 is 12.8 Å². The fraction of sp³-hybridized carbons (Fsp3) is 0.143. The quantitative estimate of drug-likeness (QED) is 0.919. The molecule has 2 N–H and O–H groups in total. The molecule has 3 nitrogen and oxygen atoms in total. The highest BCUT2D eigenvalue weighted by Crippen LogP contribution is 2.28. The van der Waals surface area contributed by atoms with Gasteiger partial charge in [-0.3, -0.25) is 0 Å². The van der Waals surface area contributed by atoms with Gasteiger partial charge in [-0.05, 0) is 41.5 Å². The Labute approximate surface area is 132 Å². The minimum atomic E-state index is -3.71. The van der Waals surface area contributed by atoms with Gasteiger partial charge in [0, 0.05) is 11.6 Å². The zero-order chi connectivity index (χ0) is 15.6. The fourth-order valence-corrected chi connectivity index (χ4v) is 4.15. The maximum Gasteiger partial charge on any atom is 0.184 e. The first kappa shape index (κ1) is 16.2. The van der Waals surface area contributed by atoms with Gasteiger partial charge in [-0.15, -0.1) is 0 Å². The maximum absolute atomic E-state index is 13.2. The van der Waals surface area contributed by atoms with Gasteiger partial charge in [-0.1, -0.05) is 29.3 Å². The summed E-state index contributed by atoms with van der Waals surface area (Å²) in [6.45, 7) is 0.0475. The van der Waals surface area contributed by atoms with Crippen molar-refractivity contribution in [2.75, 3.05) is 0 Å². The van der Waals surface area contributed by atoms with Gasteiger partial charge < -0.3 is 5.73 Å². The Morgan fingerprint density at radius 3 is 2.43 bits per heavy atom. The largest absolute Gasteiger partial charge is 0.326 e. The Balaban J connectivity index is 2.45. The van der Waals surface area contributed by atoms with Crippen LogP contribution in [0.15, 0.2) is 41.3 Å². The Hall–Kier alpha value is -1.14. The van der Waals surface area contributed by atoms with Crippen LogP contribution in [0.25, 0.3) is 0 Å². The van der Waals surface area contributed by atoms with Crippen molar-refractivity contribution >= 4 is 33.0 Å². The van der Waals surface area contributed by atoms with E-state index < -0.39 is 15.7 Å². The third kappa shape index (κ3) is 3.74. The van der Waals surface area contributed by atoms with E-state index in [4.69, 9.17) is 28.9 Å². The summed E-state index contributed by atoms with van der Waals surface area (Å²) in [5.41, 5.74) is 6.40. The van der Waals surface area contributed by atoms with E-state index in [1.165, 1.54) is 36.4 Å². The first-order valence-corrected chi connectivity index (χ1v) is 8.39. The molecule has 0 unspecified atom stereocenters. The zero-order valence-electron chi connectivity index (χ0n) is 10.8. The van der Waals surface area contributed by atoms with Crippen LogP contribution in [0.4, 0.5) is 4.39 Å². The van der Waals surface area contributed by atoms with E-state index >= 15 is 0 Å². The molecule has 0 heterocycles. The molecule has 0 aromatic heterocycles. The van der Waals surface area contributed by atoms with Crippen LogP contribution in [0.1, 0.15) is 11.1 Å². The molecule has 0 radical (unpaired) electrons. The maximum atomic E-state index is 13.2. The number of nitrogens with two attached hydrogens (primary N) is 1. The molecular formula is C14H12Cl2FNO2S. The molecule has 2 aromatic rings. The number of hydrogen-bond donors (Lipinski definition) is 1. The second kappa shape index (κ2) is 6.32. The van der Waals surface area contributed by atoms with E-state index in [2.05, 4.69) is 0 Å². The molecular weight excluding hydrogens is 336 g/mol. The van der Waals surface area contributed by atoms with Crippen molar-refractivity contribution in [2.45, 2.75) is 17.2 Å². The van der Waals surface area contributed by atoms with Crippen LogP contribution in [0.2, 0.25) is 10.0 Å². The van der Waals surface area contributed by atoms with E-state index in [1.54, 1.807) is 0 Å². The molecule has 0 aliphatic heterocycles. The third-order valence-corrected chi connectivity index (χ3v) is 5.34. The fourth-order valence-electron chi connectivity index (χ4n) is 1.92. The highest BCUT2D eigenvalue weighted by molar-refractivity contribution is 7.90. The van der Waals surface area contributed by atoms with Crippen molar-refractivity contribution in [2.24, 2.45) is 5.73 Å². The molecule has 21 heavy (non-hydrogen) atoms. The van der Waals surface area contributed by atoms with Crippen LogP contribution in [-0.2, 0) is 22.1 Å². The van der Waals surface area contributed by atoms with Crippen LogP contribution < -0.4 is 5.73 Å². The summed E-state index contributed by atoms with van der Waals surface area (Å²) in [5, 5.41) is 0.368. The average molecular weight is 348 g/mol. The zero-order valence-corrected chi connectivity index (χ0v) is 13.1. The Morgan fingerprint density at radius 1 is 1.05 bits per heavy atom. The van der Waals surface area contributed by atoms with Gasteiger partial charge in [0.15, 0.2) is 9.84 Å². The van der Waals surface area contributed by atoms with Gasteiger partial charge in [0.05, 0.1) is 15.7 Å². The number of hydrogen-bond acceptors (Lipinski definition) is 3. The third-order valence-electron chi connectivity index (χ3n) is 2.96. The summed E-state index contributed by atoms with van der Waals surface area (Å²) < 4.78 is 38.1. The van der Waals surface area contributed by atoms with E-state index in [-0.39, 0.29) is 27.2 Å². The highest BCUT2D eigenvalue weighted by atomic mass is 35.5. The van der Waals surface area contributed by atoms with Crippen LogP contribution >= 0.6 is 23.2 Å². The second-order valence-electron chi connectivity index (χ2n) is 4.45. The van der Waals surface area contributed by atoms with Gasteiger partial charge in [0.25, 0.3) is 0 Å². The van der Waals surface area contributed by atoms with E-state index in [9.17, 15) is 12.8 Å². The number of halogens is 3. The normalized spacial score (nSPS) is 11.6. The highest BCUT2D eigenvalue weighted by Gasteiger charge is 2.20. The Morgan fingerprint density at radius 2 is 1.76 bits per heavy atom. The molecule has 0 amide bonds.